The second-order valence-corrected chi connectivity index (χ2v) is 4.48. The molecule has 6 nitrogen and oxygen atoms in total. The molecule has 1 unspecified atom stereocenters. The molecule has 0 aliphatic rings. The molecule has 0 saturated heterocycles. The lowest BCUT2D eigenvalue weighted by atomic mass is 10.1. The van der Waals surface area contributed by atoms with E-state index in [1.807, 2.05) is 6.07 Å². The van der Waals surface area contributed by atoms with Crippen molar-refractivity contribution in [2.45, 2.75) is 18.8 Å². The third kappa shape index (κ3) is 4.10. The van der Waals surface area contributed by atoms with Crippen LogP contribution >= 0.6 is 11.6 Å². The van der Waals surface area contributed by atoms with Crippen molar-refractivity contribution in [3.05, 3.63) is 29.3 Å². The molecule has 1 rings (SSSR count). The van der Waals surface area contributed by atoms with Crippen LogP contribution in [0.1, 0.15) is 6.92 Å². The van der Waals surface area contributed by atoms with E-state index in [1.165, 1.54) is 21.1 Å². The lowest BCUT2D eigenvalue weighted by Crippen LogP contribution is -2.45. The maximum atomic E-state index is 11.8. The van der Waals surface area contributed by atoms with E-state index in [4.69, 9.17) is 31.1 Å². The van der Waals surface area contributed by atoms with Gasteiger partial charge in [0, 0.05) is 24.9 Å². The highest BCUT2D eigenvalue weighted by atomic mass is 35.5. The molecule has 1 N–H and O–H groups in total. The Morgan fingerprint density at radius 3 is 2.35 bits per heavy atom. The third-order valence-electron chi connectivity index (χ3n) is 2.50. The largest absolute Gasteiger partial charge is 0.422 e. The van der Waals surface area contributed by atoms with E-state index >= 15 is 0 Å². The van der Waals surface area contributed by atoms with Crippen molar-refractivity contribution in [1.82, 2.24) is 0 Å². The van der Waals surface area contributed by atoms with Gasteiger partial charge in [-0.25, -0.2) is 4.79 Å². The molecule has 0 heterocycles. The first kappa shape index (κ1) is 16.2. The van der Waals surface area contributed by atoms with Gasteiger partial charge in [0.05, 0.1) is 0 Å². The Hall–Kier alpha value is -1.81. The summed E-state index contributed by atoms with van der Waals surface area (Å²) in [6, 6.07) is 8.31. The molecular weight excluding hydrogens is 284 g/mol. The number of nitriles is 1. The van der Waals surface area contributed by atoms with Gasteiger partial charge in [0.25, 0.3) is 0 Å². The Morgan fingerprint density at radius 1 is 1.35 bits per heavy atom. The van der Waals surface area contributed by atoms with E-state index in [-0.39, 0.29) is 0 Å². The minimum Gasteiger partial charge on any atom is -0.422 e. The molecule has 108 valence electrons. The topological polar surface area (TPSA) is 80.6 Å². The first-order chi connectivity index (χ1) is 9.45. The number of carbonyl (C=O) groups excluding carboxylic acids is 1. The van der Waals surface area contributed by atoms with E-state index in [2.05, 4.69) is 5.32 Å². The van der Waals surface area contributed by atoms with Crippen molar-refractivity contribution in [2.75, 3.05) is 19.5 Å². The van der Waals surface area contributed by atoms with Crippen LogP contribution in [0.2, 0.25) is 5.02 Å². The van der Waals surface area contributed by atoms with Crippen LogP contribution in [0.25, 0.3) is 0 Å². The predicted molar refractivity (Wildman–Crippen MR) is 73.4 cm³/mol. The van der Waals surface area contributed by atoms with E-state index in [0.29, 0.717) is 10.7 Å². The molecule has 7 heteroatoms. The molecule has 0 saturated carbocycles. The molecule has 0 bridgehead atoms. The number of benzene rings is 1. The number of nitrogens with one attached hydrogen (secondary N) is 1. The fourth-order valence-electron chi connectivity index (χ4n) is 1.54. The van der Waals surface area contributed by atoms with Gasteiger partial charge in [0.15, 0.2) is 0 Å². The number of hydrogen-bond donors (Lipinski definition) is 1. The zero-order chi connectivity index (χ0) is 15.2. The Morgan fingerprint density at radius 2 is 1.90 bits per heavy atom. The number of nitrogens with zero attached hydrogens (tertiary/aromatic N) is 1. The van der Waals surface area contributed by atoms with E-state index in [0.717, 1.165) is 0 Å². The van der Waals surface area contributed by atoms with Crippen molar-refractivity contribution >= 4 is 23.4 Å². The van der Waals surface area contributed by atoms with Crippen molar-refractivity contribution in [1.29, 1.82) is 5.26 Å². The van der Waals surface area contributed by atoms with Gasteiger partial charge in [-0.1, -0.05) is 11.6 Å². The summed E-state index contributed by atoms with van der Waals surface area (Å²) >= 11 is 5.74. The van der Waals surface area contributed by atoms with Gasteiger partial charge in [-0.15, -0.1) is 0 Å². The lowest BCUT2D eigenvalue weighted by molar-refractivity contribution is -0.184. The van der Waals surface area contributed by atoms with Crippen molar-refractivity contribution in [3.63, 3.8) is 0 Å². The smallest absolute Gasteiger partial charge is 0.413 e. The van der Waals surface area contributed by atoms with Gasteiger partial charge >= 0.3 is 6.09 Å². The van der Waals surface area contributed by atoms with Gasteiger partial charge < -0.3 is 14.2 Å². The summed E-state index contributed by atoms with van der Waals surface area (Å²) in [6.07, 6.45) is -1.79. The molecule has 0 spiro atoms. The number of carbonyl (C=O) groups is 1. The maximum absolute atomic E-state index is 11.8. The summed E-state index contributed by atoms with van der Waals surface area (Å²) in [5.74, 6) is 0. The predicted octanol–water partition coefficient (Wildman–Crippen LogP) is 2.79. The molecule has 1 aromatic carbocycles. The van der Waals surface area contributed by atoms with Gasteiger partial charge in [-0.3, -0.25) is 5.32 Å². The molecule has 1 aromatic rings. The Labute approximate surface area is 122 Å². The number of methoxy groups -OCH3 is 2. The van der Waals surface area contributed by atoms with E-state index in [9.17, 15) is 4.79 Å². The van der Waals surface area contributed by atoms with Crippen molar-refractivity contribution < 1.29 is 19.0 Å². The van der Waals surface area contributed by atoms with Gasteiger partial charge in [-0.2, -0.15) is 5.26 Å². The number of amides is 1. The number of ether oxygens (including phenoxy) is 3. The average molecular weight is 299 g/mol. The Kier molecular flexibility index (Phi) is 5.77. The lowest BCUT2D eigenvalue weighted by Gasteiger charge is -2.28. The van der Waals surface area contributed by atoms with Crippen LogP contribution < -0.4 is 5.32 Å². The first-order valence-corrected chi connectivity index (χ1v) is 6.05. The maximum Gasteiger partial charge on any atom is 0.413 e. The molecule has 0 aliphatic heterocycles. The molecule has 1 atom stereocenters. The minimum atomic E-state index is -1.57. The highest BCUT2D eigenvalue weighted by molar-refractivity contribution is 6.30. The minimum absolute atomic E-state index is 0.492. The summed E-state index contributed by atoms with van der Waals surface area (Å²) in [5, 5.41) is 12.2. The van der Waals surface area contributed by atoms with Crippen LogP contribution in [-0.2, 0) is 14.2 Å². The number of hydrogen-bond acceptors (Lipinski definition) is 5. The first-order valence-electron chi connectivity index (χ1n) is 5.67. The molecule has 0 radical (unpaired) electrons. The quantitative estimate of drug-likeness (QED) is 0.845. The van der Waals surface area contributed by atoms with Crippen LogP contribution in [0.15, 0.2) is 24.3 Å². The summed E-state index contributed by atoms with van der Waals surface area (Å²) in [7, 11) is 2.70. The summed E-state index contributed by atoms with van der Waals surface area (Å²) in [4.78, 5) is 11.8. The summed E-state index contributed by atoms with van der Waals surface area (Å²) < 4.78 is 15.0. The zero-order valence-corrected chi connectivity index (χ0v) is 12.1. The van der Waals surface area contributed by atoms with Crippen LogP contribution in [0.3, 0.4) is 0 Å². The van der Waals surface area contributed by atoms with Gasteiger partial charge in [-0.05, 0) is 31.2 Å². The van der Waals surface area contributed by atoms with Gasteiger partial charge in [0.1, 0.15) is 6.07 Å². The highest BCUT2D eigenvalue weighted by Gasteiger charge is 2.39. The standard InChI is InChI=1S/C13H15ClN2O4/c1-13(8-15,11(18-2)19-3)20-12(17)16-10-6-4-9(14)5-7-10/h4-7,11H,1-3H3,(H,16,17). The molecule has 1 amide bonds. The number of halogens is 1. The second-order valence-electron chi connectivity index (χ2n) is 4.04. The number of anilines is 1. The molecule has 0 fully saturated rings. The fraction of sp³-hybridized carbons (Fsp3) is 0.385. The normalized spacial score (nSPS) is 13.4. The van der Waals surface area contributed by atoms with Crippen LogP contribution in [0.4, 0.5) is 10.5 Å². The Bertz CT molecular complexity index is 496. The fourth-order valence-corrected chi connectivity index (χ4v) is 1.66. The highest BCUT2D eigenvalue weighted by Crippen LogP contribution is 2.20. The van der Waals surface area contributed by atoms with Gasteiger partial charge in [0.2, 0.25) is 11.9 Å². The molecular formula is C13H15ClN2O4. The average Bonchev–Trinajstić information content (AvgIpc) is 2.42. The van der Waals surface area contributed by atoms with E-state index < -0.39 is 18.0 Å². The van der Waals surface area contributed by atoms with Crippen LogP contribution in [0.5, 0.6) is 0 Å². The SMILES string of the molecule is COC(OC)C(C)(C#N)OC(=O)Nc1ccc(Cl)cc1. The molecule has 0 aromatic heterocycles. The second kappa shape index (κ2) is 7.10. The van der Waals surface area contributed by atoms with Crippen molar-refractivity contribution in [2.24, 2.45) is 0 Å². The molecule has 0 aliphatic carbocycles. The van der Waals surface area contributed by atoms with Crippen LogP contribution in [0, 0.1) is 11.3 Å². The molecule has 20 heavy (non-hydrogen) atoms. The Balaban J connectivity index is 2.73. The summed E-state index contributed by atoms with van der Waals surface area (Å²) in [6.45, 7) is 1.39. The van der Waals surface area contributed by atoms with Crippen molar-refractivity contribution in [3.8, 4) is 6.07 Å². The zero-order valence-electron chi connectivity index (χ0n) is 11.3. The number of rotatable bonds is 5. The third-order valence-corrected chi connectivity index (χ3v) is 2.75. The van der Waals surface area contributed by atoms with E-state index in [1.54, 1.807) is 24.3 Å². The monoisotopic (exact) mass is 298 g/mol. The van der Waals surface area contributed by atoms with Crippen LogP contribution in [-0.4, -0.2) is 32.2 Å². The summed E-state index contributed by atoms with van der Waals surface area (Å²) in [5.41, 5.74) is -1.08.